The van der Waals surface area contributed by atoms with E-state index in [0.29, 0.717) is 17.5 Å². The van der Waals surface area contributed by atoms with Gasteiger partial charge in [0, 0.05) is 0 Å². The van der Waals surface area contributed by atoms with Gasteiger partial charge in [-0.05, 0) is 50.3 Å². The van der Waals surface area contributed by atoms with Gasteiger partial charge in [-0.2, -0.15) is 0 Å². The molecule has 1 aromatic carbocycles. The molecule has 0 radical (unpaired) electrons. The number of carbonyl (C=O) groups is 1. The zero-order valence-electron chi connectivity index (χ0n) is 11.6. The lowest BCUT2D eigenvalue weighted by atomic mass is 10.1. The molecule has 4 nitrogen and oxygen atoms in total. The highest BCUT2D eigenvalue weighted by molar-refractivity contribution is 7.92. The van der Waals surface area contributed by atoms with Gasteiger partial charge in [-0.3, -0.25) is 0 Å². The predicted molar refractivity (Wildman–Crippen MR) is 76.8 cm³/mol. The van der Waals surface area contributed by atoms with Crippen LogP contribution in [0.25, 0.3) is 0 Å². The highest BCUT2D eigenvalue weighted by Crippen LogP contribution is 2.28. The normalized spacial score (nSPS) is 19.0. The van der Waals surface area contributed by atoms with Crippen LogP contribution in [0.15, 0.2) is 29.2 Å². The monoisotopic (exact) mass is 294 g/mol. The smallest absolute Gasteiger partial charge is 0.335 e. The standard InChI is InChI=1S/C15H18O4S/c1-10-8-11(2)14(9-13(10)15(16)17)20(18,19)12-6-4-3-5-7-12/h4,6,8-9,12H,3,5,7H2,1-2H3,(H,16,17). The van der Waals surface area contributed by atoms with Crippen molar-refractivity contribution in [1.82, 2.24) is 0 Å². The molecule has 1 N–H and O–H groups in total. The molecule has 1 aliphatic rings. The number of carboxylic acids is 1. The summed E-state index contributed by atoms with van der Waals surface area (Å²) in [5.74, 6) is -1.10. The summed E-state index contributed by atoms with van der Waals surface area (Å²) in [7, 11) is -3.52. The molecule has 108 valence electrons. The molecule has 0 bridgehead atoms. The number of rotatable bonds is 3. The molecule has 0 amide bonds. The first-order valence-electron chi connectivity index (χ1n) is 6.59. The number of benzene rings is 1. The van der Waals surface area contributed by atoms with Crippen LogP contribution in [0.5, 0.6) is 0 Å². The van der Waals surface area contributed by atoms with Crippen molar-refractivity contribution in [2.24, 2.45) is 0 Å². The van der Waals surface area contributed by atoms with E-state index in [9.17, 15) is 13.2 Å². The Labute approximate surface area is 119 Å². The molecule has 0 heterocycles. The summed E-state index contributed by atoms with van der Waals surface area (Å²) in [6, 6.07) is 2.92. The first-order valence-corrected chi connectivity index (χ1v) is 8.14. The Bertz CT molecular complexity index is 671. The largest absolute Gasteiger partial charge is 0.478 e. The minimum absolute atomic E-state index is 0.0500. The Kier molecular flexibility index (Phi) is 3.99. The zero-order chi connectivity index (χ0) is 14.9. The van der Waals surface area contributed by atoms with E-state index in [1.54, 1.807) is 26.0 Å². The topological polar surface area (TPSA) is 71.4 Å². The Balaban J connectivity index is 2.56. The van der Waals surface area contributed by atoms with Gasteiger partial charge in [-0.1, -0.05) is 18.2 Å². The average molecular weight is 294 g/mol. The number of aromatic carboxylic acids is 1. The van der Waals surface area contributed by atoms with E-state index in [-0.39, 0.29) is 10.5 Å². The zero-order valence-corrected chi connectivity index (χ0v) is 12.4. The lowest BCUT2D eigenvalue weighted by molar-refractivity contribution is 0.0696. The predicted octanol–water partition coefficient (Wildman–Crippen LogP) is 2.88. The molecule has 2 rings (SSSR count). The molecule has 0 aliphatic heterocycles. The van der Waals surface area contributed by atoms with Gasteiger partial charge in [0.1, 0.15) is 0 Å². The molecule has 0 fully saturated rings. The summed E-state index contributed by atoms with van der Waals surface area (Å²) in [6.45, 7) is 3.38. The summed E-state index contributed by atoms with van der Waals surface area (Å²) in [5.41, 5.74) is 1.23. The van der Waals surface area contributed by atoms with Gasteiger partial charge >= 0.3 is 5.97 Å². The summed E-state index contributed by atoms with van der Waals surface area (Å²) < 4.78 is 25.3. The molecule has 0 spiro atoms. The third kappa shape index (κ3) is 2.63. The second-order valence-corrected chi connectivity index (χ2v) is 7.32. The van der Waals surface area contributed by atoms with E-state index in [1.165, 1.54) is 6.07 Å². The first-order chi connectivity index (χ1) is 9.34. The summed E-state index contributed by atoms with van der Waals surface area (Å²) in [4.78, 5) is 11.3. The van der Waals surface area contributed by atoms with Crippen LogP contribution in [0.4, 0.5) is 0 Å². The lowest BCUT2D eigenvalue weighted by Crippen LogP contribution is -2.22. The number of carboxylic acid groups (broad SMARTS) is 1. The number of hydrogen-bond donors (Lipinski definition) is 1. The average Bonchev–Trinajstić information content (AvgIpc) is 2.39. The fourth-order valence-electron chi connectivity index (χ4n) is 2.57. The fraction of sp³-hybridized carbons (Fsp3) is 0.400. The molecule has 20 heavy (non-hydrogen) atoms. The number of hydrogen-bond acceptors (Lipinski definition) is 3. The SMILES string of the molecule is Cc1cc(C)c(S(=O)(=O)C2C=CCCC2)cc1C(=O)O. The molecule has 0 saturated carbocycles. The maximum Gasteiger partial charge on any atom is 0.335 e. The van der Waals surface area contributed by atoms with E-state index in [0.717, 1.165) is 12.8 Å². The van der Waals surface area contributed by atoms with Crippen molar-refractivity contribution in [3.8, 4) is 0 Å². The van der Waals surface area contributed by atoms with E-state index in [2.05, 4.69) is 0 Å². The summed E-state index contributed by atoms with van der Waals surface area (Å²) in [5, 5.41) is 8.61. The Morgan fingerprint density at radius 1 is 1.25 bits per heavy atom. The van der Waals surface area contributed by atoms with Gasteiger partial charge in [-0.15, -0.1) is 0 Å². The van der Waals surface area contributed by atoms with Crippen molar-refractivity contribution in [3.05, 3.63) is 41.0 Å². The molecule has 0 aromatic heterocycles. The van der Waals surface area contributed by atoms with Crippen molar-refractivity contribution in [3.63, 3.8) is 0 Å². The first kappa shape index (κ1) is 14.8. The van der Waals surface area contributed by atoms with Crippen LogP contribution in [-0.2, 0) is 9.84 Å². The van der Waals surface area contributed by atoms with Crippen molar-refractivity contribution in [1.29, 1.82) is 0 Å². The molecule has 5 heteroatoms. The molecule has 0 saturated heterocycles. The second-order valence-electron chi connectivity index (χ2n) is 5.18. The summed E-state index contributed by atoms with van der Waals surface area (Å²) in [6.07, 6.45) is 5.94. The minimum Gasteiger partial charge on any atom is -0.478 e. The molecule has 1 aliphatic carbocycles. The van der Waals surface area contributed by atoms with Crippen molar-refractivity contribution < 1.29 is 18.3 Å². The number of allylic oxidation sites excluding steroid dienone is 1. The quantitative estimate of drug-likeness (QED) is 0.870. The Morgan fingerprint density at radius 2 is 1.95 bits per heavy atom. The molecule has 1 atom stereocenters. The van der Waals surface area contributed by atoms with E-state index < -0.39 is 21.1 Å². The molecule has 1 aromatic rings. The number of sulfone groups is 1. The van der Waals surface area contributed by atoms with Crippen LogP contribution in [0, 0.1) is 13.8 Å². The highest BCUT2D eigenvalue weighted by Gasteiger charge is 2.29. The van der Waals surface area contributed by atoms with Crippen LogP contribution in [0.1, 0.15) is 40.7 Å². The molecule has 1 unspecified atom stereocenters. The van der Waals surface area contributed by atoms with Gasteiger partial charge in [0.25, 0.3) is 0 Å². The lowest BCUT2D eigenvalue weighted by Gasteiger charge is -2.19. The fourth-order valence-corrected chi connectivity index (χ4v) is 4.48. The minimum atomic E-state index is -3.52. The molecular formula is C15H18O4S. The second kappa shape index (κ2) is 5.40. The van der Waals surface area contributed by atoms with Gasteiger partial charge in [-0.25, -0.2) is 13.2 Å². The van der Waals surface area contributed by atoms with Crippen LogP contribution in [0.3, 0.4) is 0 Å². The number of aryl methyl sites for hydroxylation is 2. The molecular weight excluding hydrogens is 276 g/mol. The Morgan fingerprint density at radius 3 is 2.50 bits per heavy atom. The summed E-state index contributed by atoms with van der Waals surface area (Å²) >= 11 is 0. The Hall–Kier alpha value is -1.62. The van der Waals surface area contributed by atoms with Crippen LogP contribution < -0.4 is 0 Å². The third-order valence-corrected chi connectivity index (χ3v) is 5.91. The van der Waals surface area contributed by atoms with E-state index >= 15 is 0 Å². The van der Waals surface area contributed by atoms with E-state index in [4.69, 9.17) is 5.11 Å². The van der Waals surface area contributed by atoms with Crippen molar-refractivity contribution in [2.75, 3.05) is 0 Å². The van der Waals surface area contributed by atoms with Gasteiger partial charge in [0.05, 0.1) is 15.7 Å². The van der Waals surface area contributed by atoms with E-state index in [1.807, 2.05) is 6.08 Å². The maximum absolute atomic E-state index is 12.6. The third-order valence-electron chi connectivity index (χ3n) is 3.67. The highest BCUT2D eigenvalue weighted by atomic mass is 32.2. The van der Waals surface area contributed by atoms with Crippen molar-refractivity contribution >= 4 is 15.8 Å². The van der Waals surface area contributed by atoms with Gasteiger partial charge in [0.2, 0.25) is 0 Å². The van der Waals surface area contributed by atoms with Crippen molar-refractivity contribution in [2.45, 2.75) is 43.3 Å². The van der Waals surface area contributed by atoms with Gasteiger partial charge in [0.15, 0.2) is 9.84 Å². The van der Waals surface area contributed by atoms with Crippen LogP contribution >= 0.6 is 0 Å². The van der Waals surface area contributed by atoms with Crippen LogP contribution in [0.2, 0.25) is 0 Å². The maximum atomic E-state index is 12.6. The van der Waals surface area contributed by atoms with Gasteiger partial charge < -0.3 is 5.11 Å². The van der Waals surface area contributed by atoms with Crippen LogP contribution in [-0.4, -0.2) is 24.7 Å².